The fourth-order valence-electron chi connectivity index (χ4n) is 3.05. The Hall–Kier alpha value is -2.15. The maximum atomic E-state index is 10.4. The number of hydrogen-bond acceptors (Lipinski definition) is 4. The van der Waals surface area contributed by atoms with Crippen LogP contribution in [0.2, 0.25) is 5.02 Å². The summed E-state index contributed by atoms with van der Waals surface area (Å²) >= 11 is 13.4. The number of pyridine rings is 1. The number of aromatic nitrogens is 1. The molecule has 7 heteroatoms. The highest BCUT2D eigenvalue weighted by Gasteiger charge is 2.42. The summed E-state index contributed by atoms with van der Waals surface area (Å²) in [5.74, 6) is 0.136. The first-order valence-electron chi connectivity index (χ1n) is 7.68. The van der Waals surface area contributed by atoms with E-state index in [1.54, 1.807) is 35.7 Å². The number of halogens is 1. The molecule has 0 amide bonds. The monoisotopic (exact) mass is 387 g/mol. The van der Waals surface area contributed by atoms with Crippen LogP contribution in [-0.4, -0.2) is 15.2 Å². The molecule has 0 aliphatic carbocycles. The highest BCUT2D eigenvalue weighted by molar-refractivity contribution is 7.80. The van der Waals surface area contributed by atoms with Crippen molar-refractivity contribution < 1.29 is 5.11 Å². The average molecular weight is 388 g/mol. The Labute approximate surface area is 159 Å². The molecule has 0 saturated carbocycles. The molecular weight excluding hydrogens is 374 g/mol. The zero-order chi connectivity index (χ0) is 17.4. The number of anilines is 1. The molecule has 4 rings (SSSR count). The van der Waals surface area contributed by atoms with Crippen LogP contribution in [0.25, 0.3) is 0 Å². The molecule has 0 unspecified atom stereocenters. The number of nitrogens with one attached hydrogen (secondary N) is 1. The Morgan fingerprint density at radius 1 is 1.20 bits per heavy atom. The van der Waals surface area contributed by atoms with Crippen molar-refractivity contribution in [2.24, 2.45) is 0 Å². The van der Waals surface area contributed by atoms with Crippen molar-refractivity contribution in [2.45, 2.75) is 12.1 Å². The van der Waals surface area contributed by atoms with Gasteiger partial charge in [0, 0.05) is 16.1 Å². The second kappa shape index (κ2) is 6.63. The highest BCUT2D eigenvalue weighted by atomic mass is 35.5. The molecule has 3 heterocycles. The second-order valence-electron chi connectivity index (χ2n) is 5.65. The average Bonchev–Trinajstić information content (AvgIpc) is 3.25. The van der Waals surface area contributed by atoms with Crippen molar-refractivity contribution in [3.8, 4) is 5.75 Å². The molecular formula is C18H14ClN3OS2. The van der Waals surface area contributed by atoms with Crippen LogP contribution < -0.4 is 10.2 Å². The van der Waals surface area contributed by atoms with Gasteiger partial charge in [-0.1, -0.05) is 23.7 Å². The lowest BCUT2D eigenvalue weighted by atomic mass is 10.0. The fraction of sp³-hybridized carbons (Fsp3) is 0.111. The Balaban J connectivity index is 1.85. The number of hydrogen-bond donors (Lipinski definition) is 2. The molecule has 4 nitrogen and oxygen atoms in total. The third kappa shape index (κ3) is 2.97. The molecule has 1 aromatic carbocycles. The van der Waals surface area contributed by atoms with Crippen LogP contribution in [-0.2, 0) is 0 Å². The molecule has 1 aliphatic heterocycles. The zero-order valence-electron chi connectivity index (χ0n) is 13.0. The van der Waals surface area contributed by atoms with E-state index in [0.29, 0.717) is 15.8 Å². The topological polar surface area (TPSA) is 48.4 Å². The number of rotatable bonds is 3. The van der Waals surface area contributed by atoms with Gasteiger partial charge < -0.3 is 15.3 Å². The van der Waals surface area contributed by atoms with Gasteiger partial charge in [0.1, 0.15) is 5.75 Å². The minimum absolute atomic E-state index is 0.119. The van der Waals surface area contributed by atoms with E-state index in [9.17, 15) is 5.11 Å². The molecule has 0 bridgehead atoms. The largest absolute Gasteiger partial charge is 0.506 e. The first-order chi connectivity index (χ1) is 12.1. The Morgan fingerprint density at radius 2 is 2.08 bits per heavy atom. The van der Waals surface area contributed by atoms with Crippen LogP contribution >= 0.6 is 35.2 Å². The molecule has 25 heavy (non-hydrogen) atoms. The van der Waals surface area contributed by atoms with Gasteiger partial charge in [-0.3, -0.25) is 4.98 Å². The van der Waals surface area contributed by atoms with E-state index in [-0.39, 0.29) is 17.8 Å². The standard InChI is InChI=1S/C18H14ClN3OS2/c19-11-6-7-14(23)13(10-11)22-17(15-5-3-9-25-15)16(21-18(22)24)12-4-1-2-8-20-12/h1-10,16-17,23H,(H,21,24)/t16-,17+/m1/s1. The predicted molar refractivity (Wildman–Crippen MR) is 105 cm³/mol. The second-order valence-corrected chi connectivity index (χ2v) is 7.45. The molecule has 0 radical (unpaired) electrons. The van der Waals surface area contributed by atoms with Crippen LogP contribution in [0.1, 0.15) is 22.7 Å². The van der Waals surface area contributed by atoms with Crippen LogP contribution in [0.5, 0.6) is 5.75 Å². The van der Waals surface area contributed by atoms with Gasteiger partial charge in [-0.15, -0.1) is 11.3 Å². The number of phenols is 1. The number of thiophene rings is 1. The van der Waals surface area contributed by atoms with Gasteiger partial charge >= 0.3 is 0 Å². The lowest BCUT2D eigenvalue weighted by Gasteiger charge is -2.27. The van der Waals surface area contributed by atoms with Crippen LogP contribution in [0.15, 0.2) is 60.1 Å². The first-order valence-corrected chi connectivity index (χ1v) is 9.34. The van der Waals surface area contributed by atoms with Crippen molar-refractivity contribution in [3.63, 3.8) is 0 Å². The van der Waals surface area contributed by atoms with E-state index < -0.39 is 0 Å². The molecule has 1 fully saturated rings. The molecule has 1 aliphatic rings. The third-order valence-electron chi connectivity index (χ3n) is 4.13. The van der Waals surface area contributed by atoms with Gasteiger partial charge in [-0.25, -0.2) is 0 Å². The smallest absolute Gasteiger partial charge is 0.174 e. The number of phenolic OH excluding ortho intramolecular Hbond substituents is 1. The van der Waals surface area contributed by atoms with E-state index in [2.05, 4.69) is 16.4 Å². The van der Waals surface area contributed by atoms with E-state index >= 15 is 0 Å². The Bertz CT molecular complexity index is 902. The minimum Gasteiger partial charge on any atom is -0.506 e. The quantitative estimate of drug-likeness (QED) is 0.639. The van der Waals surface area contributed by atoms with Crippen LogP contribution in [0.3, 0.4) is 0 Å². The lowest BCUT2D eigenvalue weighted by Crippen LogP contribution is -2.29. The maximum absolute atomic E-state index is 10.4. The third-order valence-corrected chi connectivity index (χ3v) is 5.62. The van der Waals surface area contributed by atoms with E-state index in [1.165, 1.54) is 0 Å². The summed E-state index contributed by atoms with van der Waals surface area (Å²) in [6.07, 6.45) is 1.77. The van der Waals surface area contributed by atoms with Gasteiger partial charge in [-0.05, 0) is 54.0 Å². The number of nitrogens with zero attached hydrogens (tertiary/aromatic N) is 2. The first kappa shape index (κ1) is 16.3. The molecule has 0 spiro atoms. The van der Waals surface area contributed by atoms with Gasteiger partial charge in [0.15, 0.2) is 5.11 Å². The number of aromatic hydroxyl groups is 1. The van der Waals surface area contributed by atoms with Crippen molar-refractivity contribution in [1.82, 2.24) is 10.3 Å². The number of benzene rings is 1. The maximum Gasteiger partial charge on any atom is 0.174 e. The number of thiocarbonyl (C=S) groups is 1. The zero-order valence-corrected chi connectivity index (χ0v) is 15.4. The minimum atomic E-state index is -0.120. The van der Waals surface area contributed by atoms with Crippen molar-refractivity contribution in [3.05, 3.63) is 75.7 Å². The van der Waals surface area contributed by atoms with Crippen LogP contribution in [0, 0.1) is 0 Å². The normalized spacial score (nSPS) is 19.9. The lowest BCUT2D eigenvalue weighted by molar-refractivity contribution is 0.473. The van der Waals surface area contributed by atoms with Gasteiger partial charge in [0.05, 0.1) is 23.5 Å². The van der Waals surface area contributed by atoms with Gasteiger partial charge in [0.25, 0.3) is 0 Å². The molecule has 2 N–H and O–H groups in total. The van der Waals surface area contributed by atoms with Gasteiger partial charge in [-0.2, -0.15) is 0 Å². The highest BCUT2D eigenvalue weighted by Crippen LogP contribution is 2.45. The molecule has 1 saturated heterocycles. The van der Waals surface area contributed by atoms with Crippen LogP contribution in [0.4, 0.5) is 5.69 Å². The summed E-state index contributed by atoms with van der Waals surface area (Å²) in [4.78, 5) is 7.54. The summed E-state index contributed by atoms with van der Waals surface area (Å²) in [5, 5.41) is 16.8. The Morgan fingerprint density at radius 3 is 2.80 bits per heavy atom. The van der Waals surface area contributed by atoms with E-state index in [4.69, 9.17) is 23.8 Å². The summed E-state index contributed by atoms with van der Waals surface area (Å²) in [6.45, 7) is 0. The van der Waals surface area contributed by atoms with Crippen molar-refractivity contribution in [2.75, 3.05) is 4.90 Å². The SMILES string of the molecule is Oc1ccc(Cl)cc1N1C(=S)N[C@H](c2ccccn2)[C@@H]1c1cccs1. The fourth-order valence-corrected chi connectivity index (χ4v) is 4.41. The van der Waals surface area contributed by atoms with Crippen molar-refractivity contribution in [1.29, 1.82) is 0 Å². The molecule has 2 atom stereocenters. The van der Waals surface area contributed by atoms with Crippen molar-refractivity contribution >= 4 is 46.0 Å². The molecule has 2 aromatic heterocycles. The van der Waals surface area contributed by atoms with E-state index in [0.717, 1.165) is 10.6 Å². The Kier molecular flexibility index (Phi) is 4.33. The summed E-state index contributed by atoms with van der Waals surface area (Å²) in [5.41, 5.74) is 1.48. The summed E-state index contributed by atoms with van der Waals surface area (Å²) in [7, 11) is 0. The predicted octanol–water partition coefficient (Wildman–Crippen LogP) is 4.68. The summed E-state index contributed by atoms with van der Waals surface area (Å²) < 4.78 is 0. The van der Waals surface area contributed by atoms with Gasteiger partial charge in [0.2, 0.25) is 0 Å². The summed E-state index contributed by atoms with van der Waals surface area (Å²) in [6, 6.07) is 14.6. The van der Waals surface area contributed by atoms with E-state index in [1.807, 2.05) is 34.5 Å². The molecule has 126 valence electrons. The molecule has 3 aromatic rings.